The van der Waals surface area contributed by atoms with E-state index in [1.807, 2.05) is 0 Å². The lowest BCUT2D eigenvalue weighted by Gasteiger charge is -2.09. The average molecular weight is 370 g/mol. The highest BCUT2D eigenvalue weighted by Crippen LogP contribution is 2.31. The van der Waals surface area contributed by atoms with E-state index < -0.39 is 10.8 Å². The highest BCUT2D eigenvalue weighted by atomic mass is 79.9. The molecule has 0 aliphatic heterocycles. The molecule has 0 bridgehead atoms. The quantitative estimate of drug-likeness (QED) is 0.636. The minimum absolute atomic E-state index is 0.00637. The number of halogens is 2. The third-order valence-electron chi connectivity index (χ3n) is 2.79. The third-order valence-corrected chi connectivity index (χ3v) is 4.19. The van der Waals surface area contributed by atoms with Crippen LogP contribution in [0.3, 0.4) is 0 Å². The number of carbonyl (C=O) groups is 1. The first kappa shape index (κ1) is 15.5. The van der Waals surface area contributed by atoms with Crippen LogP contribution >= 0.6 is 27.5 Å². The Balaban J connectivity index is 2.39. The Hall–Kier alpha value is -1.92. The molecule has 0 aliphatic carbocycles. The number of amides is 1. The second-order valence-corrected chi connectivity index (χ2v) is 5.53. The Labute approximate surface area is 134 Å². The Morgan fingerprint density at radius 2 is 2.05 bits per heavy atom. The predicted molar refractivity (Wildman–Crippen MR) is 84.9 cm³/mol. The number of hydrogen-bond donors (Lipinski definition) is 1. The third kappa shape index (κ3) is 3.40. The Bertz CT molecular complexity index is 734. The van der Waals surface area contributed by atoms with Gasteiger partial charge in [0.2, 0.25) is 0 Å². The fraction of sp³-hybridized carbons (Fsp3) is 0.0714. The maximum atomic E-state index is 12.3. The predicted octanol–water partition coefficient (Wildman–Crippen LogP) is 4.57. The van der Waals surface area contributed by atoms with Gasteiger partial charge in [0.25, 0.3) is 11.6 Å². The van der Waals surface area contributed by atoms with Gasteiger partial charge in [-0.05, 0) is 46.6 Å². The van der Waals surface area contributed by atoms with E-state index in [1.54, 1.807) is 31.2 Å². The number of hydrogen-bond acceptors (Lipinski definition) is 3. The first-order chi connectivity index (χ1) is 9.90. The summed E-state index contributed by atoms with van der Waals surface area (Å²) in [6, 6.07) is 9.37. The molecule has 21 heavy (non-hydrogen) atoms. The molecule has 0 spiro atoms. The number of nitrogens with one attached hydrogen (secondary N) is 1. The van der Waals surface area contributed by atoms with Crippen molar-refractivity contribution in [1.82, 2.24) is 0 Å². The van der Waals surface area contributed by atoms with E-state index in [1.165, 1.54) is 12.1 Å². The zero-order valence-electron chi connectivity index (χ0n) is 10.9. The second kappa shape index (κ2) is 6.24. The fourth-order valence-electron chi connectivity index (χ4n) is 1.78. The van der Waals surface area contributed by atoms with Gasteiger partial charge in [-0.15, -0.1) is 0 Å². The van der Waals surface area contributed by atoms with Gasteiger partial charge in [-0.25, -0.2) is 0 Å². The first-order valence-corrected chi connectivity index (χ1v) is 7.07. The SMILES string of the molecule is Cc1ccc([N+](=O)[O-])c(C(=O)Nc2cccc(Cl)c2Br)c1. The van der Waals surface area contributed by atoms with Crippen LogP contribution in [0.1, 0.15) is 15.9 Å². The summed E-state index contributed by atoms with van der Waals surface area (Å²) in [6.45, 7) is 1.76. The number of anilines is 1. The van der Waals surface area contributed by atoms with Crippen LogP contribution in [0.4, 0.5) is 11.4 Å². The summed E-state index contributed by atoms with van der Waals surface area (Å²) in [7, 11) is 0. The van der Waals surface area contributed by atoms with Crippen molar-refractivity contribution in [1.29, 1.82) is 0 Å². The van der Waals surface area contributed by atoms with E-state index in [2.05, 4.69) is 21.2 Å². The van der Waals surface area contributed by atoms with E-state index in [0.717, 1.165) is 5.56 Å². The summed E-state index contributed by atoms with van der Waals surface area (Å²) in [5.41, 5.74) is 0.974. The van der Waals surface area contributed by atoms with E-state index >= 15 is 0 Å². The number of aryl methyl sites for hydroxylation is 1. The van der Waals surface area contributed by atoms with Crippen LogP contribution in [0.25, 0.3) is 0 Å². The average Bonchev–Trinajstić information content (AvgIpc) is 2.43. The number of benzene rings is 2. The maximum Gasteiger partial charge on any atom is 0.282 e. The highest BCUT2D eigenvalue weighted by Gasteiger charge is 2.21. The van der Waals surface area contributed by atoms with Crippen LogP contribution < -0.4 is 5.32 Å². The monoisotopic (exact) mass is 368 g/mol. The summed E-state index contributed by atoms with van der Waals surface area (Å²) in [4.78, 5) is 22.7. The van der Waals surface area contributed by atoms with Gasteiger partial charge < -0.3 is 5.32 Å². The lowest BCUT2D eigenvalue weighted by molar-refractivity contribution is -0.385. The molecule has 0 aromatic heterocycles. The molecule has 5 nitrogen and oxygen atoms in total. The van der Waals surface area contributed by atoms with Gasteiger partial charge in [0.15, 0.2) is 0 Å². The number of nitro benzene ring substituents is 1. The van der Waals surface area contributed by atoms with Crippen LogP contribution in [0.2, 0.25) is 5.02 Å². The van der Waals surface area contributed by atoms with Crippen molar-refractivity contribution in [3.63, 3.8) is 0 Å². The van der Waals surface area contributed by atoms with Gasteiger partial charge >= 0.3 is 0 Å². The van der Waals surface area contributed by atoms with Crippen LogP contribution in [0.15, 0.2) is 40.9 Å². The van der Waals surface area contributed by atoms with Gasteiger partial charge in [0.05, 0.1) is 20.1 Å². The van der Waals surface area contributed by atoms with Crippen molar-refractivity contribution in [3.8, 4) is 0 Å². The molecule has 0 saturated carbocycles. The van der Waals surface area contributed by atoms with Crippen LogP contribution in [-0.2, 0) is 0 Å². The van der Waals surface area contributed by atoms with Crippen LogP contribution in [-0.4, -0.2) is 10.8 Å². The van der Waals surface area contributed by atoms with Gasteiger partial charge in [-0.2, -0.15) is 0 Å². The smallest absolute Gasteiger partial charge is 0.282 e. The summed E-state index contributed by atoms with van der Waals surface area (Å²) < 4.78 is 0.523. The molecule has 2 aromatic rings. The Morgan fingerprint density at radius 1 is 1.33 bits per heavy atom. The minimum atomic E-state index is -0.582. The van der Waals surface area contributed by atoms with Crippen molar-refractivity contribution >= 4 is 44.8 Å². The van der Waals surface area contributed by atoms with Gasteiger partial charge in [0.1, 0.15) is 5.56 Å². The first-order valence-electron chi connectivity index (χ1n) is 5.90. The molecule has 1 N–H and O–H groups in total. The molecule has 1 amide bonds. The van der Waals surface area contributed by atoms with Crippen molar-refractivity contribution in [2.24, 2.45) is 0 Å². The van der Waals surface area contributed by atoms with Crippen molar-refractivity contribution in [2.75, 3.05) is 5.32 Å². The molecule has 0 radical (unpaired) electrons. The van der Waals surface area contributed by atoms with Crippen molar-refractivity contribution < 1.29 is 9.72 Å². The molecule has 2 aromatic carbocycles. The van der Waals surface area contributed by atoms with Crippen LogP contribution in [0.5, 0.6) is 0 Å². The molecule has 0 saturated heterocycles. The van der Waals surface area contributed by atoms with Crippen molar-refractivity contribution in [2.45, 2.75) is 6.92 Å². The van der Waals surface area contributed by atoms with Gasteiger partial charge in [-0.1, -0.05) is 23.7 Å². The van der Waals surface area contributed by atoms with Gasteiger partial charge in [0, 0.05) is 6.07 Å². The second-order valence-electron chi connectivity index (χ2n) is 4.33. The zero-order valence-corrected chi connectivity index (χ0v) is 13.2. The minimum Gasteiger partial charge on any atom is -0.321 e. The molecule has 0 aliphatic rings. The molecule has 0 unspecified atom stereocenters. The van der Waals surface area contributed by atoms with E-state index in [4.69, 9.17) is 11.6 Å². The van der Waals surface area contributed by atoms with E-state index in [0.29, 0.717) is 15.2 Å². The van der Waals surface area contributed by atoms with E-state index in [-0.39, 0.29) is 11.3 Å². The van der Waals surface area contributed by atoms with Crippen molar-refractivity contribution in [3.05, 3.63) is 67.1 Å². The summed E-state index contributed by atoms with van der Waals surface area (Å²) >= 11 is 9.21. The lowest BCUT2D eigenvalue weighted by atomic mass is 10.1. The Kier molecular flexibility index (Phi) is 4.59. The topological polar surface area (TPSA) is 72.2 Å². The number of nitrogens with zero attached hydrogens (tertiary/aromatic N) is 1. The largest absolute Gasteiger partial charge is 0.321 e. The molecule has 0 atom stereocenters. The Morgan fingerprint density at radius 3 is 2.71 bits per heavy atom. The molecular weight excluding hydrogens is 360 g/mol. The standard InChI is InChI=1S/C14H10BrClN2O3/c1-8-5-6-12(18(20)21)9(7-8)14(19)17-11-4-2-3-10(16)13(11)15/h2-7H,1H3,(H,17,19). The normalized spacial score (nSPS) is 10.2. The fourth-order valence-corrected chi connectivity index (χ4v) is 2.32. The summed E-state index contributed by atoms with van der Waals surface area (Å²) in [5, 5.41) is 14.1. The van der Waals surface area contributed by atoms with Crippen LogP contribution in [0, 0.1) is 17.0 Å². The summed E-state index contributed by atoms with van der Waals surface area (Å²) in [6.07, 6.45) is 0. The number of rotatable bonds is 3. The number of nitro groups is 1. The molecule has 0 heterocycles. The molecule has 7 heteroatoms. The summed E-state index contributed by atoms with van der Waals surface area (Å²) in [5.74, 6) is -0.562. The maximum absolute atomic E-state index is 12.3. The molecular formula is C14H10BrClN2O3. The zero-order chi connectivity index (χ0) is 15.6. The highest BCUT2D eigenvalue weighted by molar-refractivity contribution is 9.10. The van der Waals surface area contributed by atoms with E-state index in [9.17, 15) is 14.9 Å². The van der Waals surface area contributed by atoms with Gasteiger partial charge in [-0.3, -0.25) is 14.9 Å². The molecule has 108 valence electrons. The lowest BCUT2D eigenvalue weighted by Crippen LogP contribution is -2.14. The number of carbonyl (C=O) groups excluding carboxylic acids is 1. The molecule has 0 fully saturated rings. The molecule has 2 rings (SSSR count).